The molecule has 1 aromatic heterocycles. The molecule has 5 rings (SSSR count). The van der Waals surface area contributed by atoms with Crippen LogP contribution in [0.1, 0.15) is 25.5 Å². The number of urea groups is 1. The lowest BCUT2D eigenvalue weighted by atomic mass is 10.1. The highest BCUT2D eigenvalue weighted by Gasteiger charge is 2.43. The van der Waals surface area contributed by atoms with Crippen molar-refractivity contribution in [3.8, 4) is 0 Å². The quantitative estimate of drug-likeness (QED) is 0.736. The molecule has 31 heavy (non-hydrogen) atoms. The molecule has 11 heteroatoms. The second kappa shape index (κ2) is 7.26. The highest BCUT2D eigenvalue weighted by molar-refractivity contribution is 5.98. The molecular weight excluding hydrogens is 415 g/mol. The first kappa shape index (κ1) is 19.9. The molecule has 2 unspecified atom stereocenters. The summed E-state index contributed by atoms with van der Waals surface area (Å²) >= 11 is 0. The molecule has 2 bridgehead atoms. The normalized spacial score (nSPS) is 25.0. The Kier molecular flexibility index (Phi) is 4.65. The van der Waals surface area contributed by atoms with Crippen molar-refractivity contribution in [1.29, 1.82) is 0 Å². The minimum absolute atomic E-state index is 0.0107. The molecule has 4 heterocycles. The van der Waals surface area contributed by atoms with Crippen molar-refractivity contribution in [2.24, 2.45) is 0 Å². The Bertz CT molecular complexity index is 1050. The largest absolute Gasteiger partial charge is 0.363 e. The van der Waals surface area contributed by atoms with E-state index in [1.165, 1.54) is 4.90 Å². The third kappa shape index (κ3) is 3.32. The Morgan fingerprint density at radius 1 is 1.19 bits per heavy atom. The summed E-state index contributed by atoms with van der Waals surface area (Å²) in [6, 6.07) is 0.586. The van der Waals surface area contributed by atoms with E-state index in [9.17, 15) is 22.8 Å². The van der Waals surface area contributed by atoms with Gasteiger partial charge in [0.15, 0.2) is 17.5 Å². The summed E-state index contributed by atoms with van der Waals surface area (Å²) in [4.78, 5) is 28.7. The summed E-state index contributed by atoms with van der Waals surface area (Å²) in [7, 11) is 0. The number of carbonyl (C=O) groups excluding carboxylic acids is 2. The molecule has 0 aliphatic carbocycles. The lowest BCUT2D eigenvalue weighted by molar-refractivity contribution is -0.133. The Labute approximate surface area is 175 Å². The maximum atomic E-state index is 13.5. The number of anilines is 2. The van der Waals surface area contributed by atoms with Gasteiger partial charge in [0, 0.05) is 17.8 Å². The number of fused-ring (bicyclic) bond motifs is 3. The van der Waals surface area contributed by atoms with Crippen LogP contribution in [0.5, 0.6) is 0 Å². The number of amides is 3. The van der Waals surface area contributed by atoms with Crippen LogP contribution in [0.4, 0.5) is 29.3 Å². The summed E-state index contributed by atoms with van der Waals surface area (Å²) in [5, 5.41) is 6.80. The van der Waals surface area contributed by atoms with Crippen LogP contribution >= 0.6 is 0 Å². The summed E-state index contributed by atoms with van der Waals surface area (Å²) in [5.41, 5.74) is 1.14. The molecule has 1 aromatic carbocycles. The van der Waals surface area contributed by atoms with Crippen LogP contribution in [0.25, 0.3) is 0 Å². The second-order valence-electron chi connectivity index (χ2n) is 8.09. The fourth-order valence-corrected chi connectivity index (χ4v) is 4.41. The molecule has 2 saturated heterocycles. The third-order valence-electron chi connectivity index (χ3n) is 6.04. The number of rotatable bonds is 2. The maximum absolute atomic E-state index is 13.5. The number of benzene rings is 1. The Morgan fingerprint density at radius 2 is 1.94 bits per heavy atom. The lowest BCUT2D eigenvalue weighted by Crippen LogP contribution is -2.50. The van der Waals surface area contributed by atoms with Crippen LogP contribution in [0.15, 0.2) is 18.3 Å². The molecule has 8 nitrogen and oxygen atoms in total. The van der Waals surface area contributed by atoms with E-state index in [1.807, 2.05) is 6.92 Å². The third-order valence-corrected chi connectivity index (χ3v) is 6.04. The highest BCUT2D eigenvalue weighted by Crippen LogP contribution is 2.34. The van der Waals surface area contributed by atoms with Gasteiger partial charge in [0.05, 0.1) is 49.4 Å². The molecule has 3 atom stereocenters. The summed E-state index contributed by atoms with van der Waals surface area (Å²) < 4.78 is 47.6. The Morgan fingerprint density at radius 3 is 2.68 bits per heavy atom. The minimum Gasteiger partial charge on any atom is -0.363 e. The van der Waals surface area contributed by atoms with Crippen molar-refractivity contribution in [3.63, 3.8) is 0 Å². The van der Waals surface area contributed by atoms with Gasteiger partial charge in [-0.15, -0.1) is 0 Å². The number of hydrogen-bond acceptors (Lipinski definition) is 4. The van der Waals surface area contributed by atoms with Crippen molar-refractivity contribution >= 4 is 23.3 Å². The van der Waals surface area contributed by atoms with E-state index in [0.29, 0.717) is 30.9 Å². The smallest absolute Gasteiger partial charge is 0.322 e. The van der Waals surface area contributed by atoms with Crippen LogP contribution in [-0.4, -0.2) is 51.4 Å². The fourth-order valence-electron chi connectivity index (χ4n) is 4.41. The van der Waals surface area contributed by atoms with E-state index in [1.54, 1.807) is 15.8 Å². The summed E-state index contributed by atoms with van der Waals surface area (Å²) in [6.45, 7) is 2.79. The Balaban J connectivity index is 1.38. The number of carbonyl (C=O) groups is 2. The monoisotopic (exact) mass is 435 g/mol. The van der Waals surface area contributed by atoms with Crippen molar-refractivity contribution in [2.45, 2.75) is 51.1 Å². The molecule has 3 aliphatic heterocycles. The van der Waals surface area contributed by atoms with Gasteiger partial charge in [-0.1, -0.05) is 0 Å². The van der Waals surface area contributed by atoms with Gasteiger partial charge in [-0.25, -0.2) is 18.0 Å². The van der Waals surface area contributed by atoms with Gasteiger partial charge in [0.2, 0.25) is 0 Å². The van der Waals surface area contributed by atoms with Crippen LogP contribution in [0.2, 0.25) is 0 Å². The average molecular weight is 435 g/mol. The van der Waals surface area contributed by atoms with Gasteiger partial charge in [-0.05, 0) is 19.8 Å². The van der Waals surface area contributed by atoms with Crippen molar-refractivity contribution in [2.75, 3.05) is 16.8 Å². The van der Waals surface area contributed by atoms with E-state index in [0.717, 1.165) is 18.6 Å². The predicted molar refractivity (Wildman–Crippen MR) is 103 cm³/mol. The molecule has 3 aliphatic rings. The lowest BCUT2D eigenvalue weighted by Gasteiger charge is -2.36. The SMILES string of the molecule is C[C@H]1Cn2ncc(N3CC4CCC(O4)C3=O)c2CN1C(=O)Nc1cc(F)c(F)c(F)c1. The summed E-state index contributed by atoms with van der Waals surface area (Å²) in [5.74, 6) is -4.48. The van der Waals surface area contributed by atoms with E-state index in [-0.39, 0.29) is 30.3 Å². The van der Waals surface area contributed by atoms with Gasteiger partial charge < -0.3 is 19.9 Å². The van der Waals surface area contributed by atoms with Crippen molar-refractivity contribution in [1.82, 2.24) is 14.7 Å². The Hall–Kier alpha value is -3.08. The number of hydrogen-bond donors (Lipinski definition) is 1. The average Bonchev–Trinajstić information content (AvgIpc) is 3.32. The number of nitrogens with zero attached hydrogens (tertiary/aromatic N) is 4. The molecule has 2 aromatic rings. The van der Waals surface area contributed by atoms with E-state index in [4.69, 9.17) is 4.74 Å². The zero-order chi connectivity index (χ0) is 21.9. The van der Waals surface area contributed by atoms with Gasteiger partial charge in [-0.3, -0.25) is 9.48 Å². The van der Waals surface area contributed by atoms with Gasteiger partial charge in [0.25, 0.3) is 5.91 Å². The highest BCUT2D eigenvalue weighted by atomic mass is 19.2. The molecule has 2 fully saturated rings. The minimum atomic E-state index is -1.60. The number of halogens is 3. The van der Waals surface area contributed by atoms with Gasteiger partial charge in [0.1, 0.15) is 6.10 Å². The molecule has 1 N–H and O–H groups in total. The molecule has 3 amide bonds. The van der Waals surface area contributed by atoms with Crippen LogP contribution in [0, 0.1) is 17.5 Å². The molecular formula is C20H20F3N5O3. The predicted octanol–water partition coefficient (Wildman–Crippen LogP) is 2.63. The van der Waals surface area contributed by atoms with Gasteiger partial charge in [-0.2, -0.15) is 5.10 Å². The molecule has 0 spiro atoms. The van der Waals surface area contributed by atoms with E-state index in [2.05, 4.69) is 10.4 Å². The maximum Gasteiger partial charge on any atom is 0.322 e. The van der Waals surface area contributed by atoms with E-state index >= 15 is 0 Å². The zero-order valence-corrected chi connectivity index (χ0v) is 16.6. The van der Waals surface area contributed by atoms with Crippen LogP contribution in [0.3, 0.4) is 0 Å². The fraction of sp³-hybridized carbons (Fsp3) is 0.450. The second-order valence-corrected chi connectivity index (χ2v) is 8.09. The first-order valence-electron chi connectivity index (χ1n) is 10.1. The molecule has 164 valence electrons. The van der Waals surface area contributed by atoms with E-state index < -0.39 is 29.6 Å². The van der Waals surface area contributed by atoms with Crippen LogP contribution in [-0.2, 0) is 22.6 Å². The topological polar surface area (TPSA) is 79.7 Å². The van der Waals surface area contributed by atoms with Crippen LogP contribution < -0.4 is 10.2 Å². The number of morpholine rings is 1. The molecule has 0 saturated carbocycles. The first-order chi connectivity index (χ1) is 14.8. The van der Waals surface area contributed by atoms with Crippen molar-refractivity contribution < 1.29 is 27.5 Å². The zero-order valence-electron chi connectivity index (χ0n) is 16.6. The first-order valence-corrected chi connectivity index (χ1v) is 10.1. The molecule has 0 radical (unpaired) electrons. The van der Waals surface area contributed by atoms with Crippen molar-refractivity contribution in [3.05, 3.63) is 41.5 Å². The van der Waals surface area contributed by atoms with Gasteiger partial charge >= 0.3 is 6.03 Å². The summed E-state index contributed by atoms with van der Waals surface area (Å²) in [6.07, 6.45) is 2.69. The number of ether oxygens (including phenoxy) is 1. The standard InChI is InChI=1S/C20H20F3N5O3/c1-10-7-28-16(15(6-24-28)27-8-12-2-3-17(31-12)19(27)29)9-26(10)20(30)25-11-4-13(21)18(23)14(22)5-11/h4-6,10,12,17H,2-3,7-9H2,1H3,(H,25,30)/t10-,12?,17?/m0/s1. The number of aromatic nitrogens is 2. The number of nitrogens with one attached hydrogen (secondary N) is 1.